The van der Waals surface area contributed by atoms with Crippen molar-refractivity contribution in [1.82, 2.24) is 20.1 Å². The lowest BCUT2D eigenvalue weighted by Crippen LogP contribution is -2.23. The molecule has 22 heavy (non-hydrogen) atoms. The van der Waals surface area contributed by atoms with Crippen LogP contribution in [0.4, 0.5) is 0 Å². The largest absolute Gasteiger partial charge is 0.347 e. The Morgan fingerprint density at radius 1 is 1.14 bits per heavy atom. The fraction of sp³-hybridized carbons (Fsp3) is 0.118. The topological polar surface area (TPSA) is 59.8 Å². The summed E-state index contributed by atoms with van der Waals surface area (Å²) in [5.41, 5.74) is 3.36. The van der Waals surface area contributed by atoms with E-state index in [4.69, 9.17) is 0 Å². The van der Waals surface area contributed by atoms with Crippen molar-refractivity contribution in [3.8, 4) is 11.3 Å². The molecule has 110 valence electrons. The number of rotatable bonds is 4. The Labute approximate surface area is 128 Å². The summed E-state index contributed by atoms with van der Waals surface area (Å²) >= 11 is 0. The second-order valence-electron chi connectivity index (χ2n) is 4.94. The van der Waals surface area contributed by atoms with Crippen LogP contribution in [0.3, 0.4) is 0 Å². The van der Waals surface area contributed by atoms with Gasteiger partial charge in [-0.05, 0) is 29.3 Å². The Hall–Kier alpha value is -2.95. The van der Waals surface area contributed by atoms with E-state index in [1.807, 2.05) is 49.5 Å². The monoisotopic (exact) mass is 292 g/mol. The number of hydrogen-bond acceptors (Lipinski definition) is 3. The molecular formula is C17H16N4O. The number of nitrogens with zero attached hydrogens (tertiary/aromatic N) is 3. The molecule has 3 aromatic rings. The van der Waals surface area contributed by atoms with Gasteiger partial charge in [-0.1, -0.05) is 30.3 Å². The van der Waals surface area contributed by atoms with Crippen molar-refractivity contribution in [3.05, 3.63) is 72.2 Å². The van der Waals surface area contributed by atoms with Gasteiger partial charge < -0.3 is 5.32 Å². The van der Waals surface area contributed by atoms with Gasteiger partial charge in [0, 0.05) is 26.0 Å². The summed E-state index contributed by atoms with van der Waals surface area (Å²) in [5.74, 6) is -0.186. The third-order valence-corrected chi connectivity index (χ3v) is 3.38. The highest BCUT2D eigenvalue weighted by Gasteiger charge is 2.13. The molecule has 0 unspecified atom stereocenters. The molecule has 1 amide bonds. The highest BCUT2D eigenvalue weighted by Crippen LogP contribution is 2.19. The zero-order valence-electron chi connectivity index (χ0n) is 12.2. The molecule has 0 fully saturated rings. The summed E-state index contributed by atoms with van der Waals surface area (Å²) < 4.78 is 1.72. The molecule has 2 heterocycles. The van der Waals surface area contributed by atoms with Gasteiger partial charge in [0.05, 0.1) is 5.69 Å². The Kier molecular flexibility index (Phi) is 3.96. The molecule has 0 spiro atoms. The smallest absolute Gasteiger partial charge is 0.272 e. The van der Waals surface area contributed by atoms with E-state index < -0.39 is 0 Å². The number of pyridine rings is 1. The predicted molar refractivity (Wildman–Crippen MR) is 84.1 cm³/mol. The van der Waals surface area contributed by atoms with Crippen LogP contribution >= 0.6 is 0 Å². The number of aromatic nitrogens is 3. The number of amides is 1. The molecule has 0 bridgehead atoms. The first-order valence-electron chi connectivity index (χ1n) is 7.00. The minimum atomic E-state index is -0.186. The molecule has 0 aliphatic heterocycles. The lowest BCUT2D eigenvalue weighted by Gasteiger charge is -2.02. The van der Waals surface area contributed by atoms with Gasteiger partial charge in [0.1, 0.15) is 0 Å². The van der Waals surface area contributed by atoms with Crippen molar-refractivity contribution in [2.45, 2.75) is 6.54 Å². The SMILES string of the molecule is Cn1nc(C(=O)NCc2ccncc2)cc1-c1ccccc1. The quantitative estimate of drug-likeness (QED) is 0.803. The fourth-order valence-corrected chi connectivity index (χ4v) is 2.23. The molecule has 5 nitrogen and oxygen atoms in total. The highest BCUT2D eigenvalue weighted by atomic mass is 16.1. The number of carbonyl (C=O) groups is 1. The Bertz CT molecular complexity index is 766. The minimum Gasteiger partial charge on any atom is -0.347 e. The molecule has 0 saturated carbocycles. The van der Waals surface area contributed by atoms with E-state index >= 15 is 0 Å². The summed E-state index contributed by atoms with van der Waals surface area (Å²) in [6, 6.07) is 15.4. The molecule has 3 rings (SSSR count). The molecule has 0 aliphatic rings. The molecule has 2 aromatic heterocycles. The van der Waals surface area contributed by atoms with E-state index in [2.05, 4.69) is 15.4 Å². The molecule has 0 saturated heterocycles. The Morgan fingerprint density at radius 3 is 2.59 bits per heavy atom. The Balaban J connectivity index is 1.74. The van der Waals surface area contributed by atoms with Crippen molar-refractivity contribution in [2.75, 3.05) is 0 Å². The van der Waals surface area contributed by atoms with Gasteiger partial charge in [0.25, 0.3) is 5.91 Å². The van der Waals surface area contributed by atoms with E-state index in [9.17, 15) is 4.79 Å². The summed E-state index contributed by atoms with van der Waals surface area (Å²) in [6.45, 7) is 0.457. The standard InChI is InChI=1S/C17H16N4O/c1-21-16(14-5-3-2-4-6-14)11-15(20-21)17(22)19-12-13-7-9-18-10-8-13/h2-11H,12H2,1H3,(H,19,22). The molecule has 1 N–H and O–H groups in total. The van der Waals surface area contributed by atoms with Crippen molar-refractivity contribution < 1.29 is 4.79 Å². The van der Waals surface area contributed by atoms with Crippen molar-refractivity contribution >= 4 is 5.91 Å². The van der Waals surface area contributed by atoms with E-state index in [1.165, 1.54) is 0 Å². The number of benzene rings is 1. The third-order valence-electron chi connectivity index (χ3n) is 3.38. The van der Waals surface area contributed by atoms with Crippen LogP contribution in [-0.2, 0) is 13.6 Å². The van der Waals surface area contributed by atoms with Crippen LogP contribution in [0.2, 0.25) is 0 Å². The first-order chi connectivity index (χ1) is 10.7. The summed E-state index contributed by atoms with van der Waals surface area (Å²) in [5, 5.41) is 7.16. The lowest BCUT2D eigenvalue weighted by atomic mass is 10.1. The van der Waals surface area contributed by atoms with Gasteiger partial charge in [-0.3, -0.25) is 14.5 Å². The predicted octanol–water partition coefficient (Wildman–Crippen LogP) is 2.41. The third kappa shape index (κ3) is 3.03. The number of carbonyl (C=O) groups excluding carboxylic acids is 1. The van der Waals surface area contributed by atoms with Crippen LogP contribution in [0.15, 0.2) is 60.9 Å². The normalized spacial score (nSPS) is 10.4. The summed E-state index contributed by atoms with van der Waals surface area (Å²) in [6.07, 6.45) is 3.41. The number of aryl methyl sites for hydroxylation is 1. The van der Waals surface area contributed by atoms with E-state index in [0.29, 0.717) is 12.2 Å². The average Bonchev–Trinajstić information content (AvgIpc) is 2.96. The van der Waals surface area contributed by atoms with E-state index in [1.54, 1.807) is 23.1 Å². The molecule has 0 atom stereocenters. The lowest BCUT2D eigenvalue weighted by molar-refractivity contribution is 0.0945. The maximum atomic E-state index is 12.2. The van der Waals surface area contributed by atoms with Gasteiger partial charge in [0.2, 0.25) is 0 Å². The zero-order chi connectivity index (χ0) is 15.4. The zero-order valence-corrected chi connectivity index (χ0v) is 12.2. The van der Waals surface area contributed by atoms with Crippen molar-refractivity contribution in [2.24, 2.45) is 7.05 Å². The maximum Gasteiger partial charge on any atom is 0.272 e. The van der Waals surface area contributed by atoms with Gasteiger partial charge in [-0.2, -0.15) is 5.10 Å². The number of hydrogen-bond donors (Lipinski definition) is 1. The molecule has 0 radical (unpaired) electrons. The van der Waals surface area contributed by atoms with Crippen LogP contribution in [-0.4, -0.2) is 20.7 Å². The van der Waals surface area contributed by atoms with Crippen molar-refractivity contribution in [3.63, 3.8) is 0 Å². The molecular weight excluding hydrogens is 276 g/mol. The second-order valence-corrected chi connectivity index (χ2v) is 4.94. The first kappa shape index (κ1) is 14.0. The molecule has 5 heteroatoms. The summed E-state index contributed by atoms with van der Waals surface area (Å²) in [4.78, 5) is 16.2. The van der Waals surface area contributed by atoms with Crippen LogP contribution in [0.5, 0.6) is 0 Å². The Morgan fingerprint density at radius 2 is 1.86 bits per heavy atom. The molecule has 1 aromatic carbocycles. The van der Waals surface area contributed by atoms with Crippen LogP contribution in [0, 0.1) is 0 Å². The second kappa shape index (κ2) is 6.22. The van der Waals surface area contributed by atoms with Gasteiger partial charge in [0.15, 0.2) is 5.69 Å². The van der Waals surface area contributed by atoms with Crippen LogP contribution < -0.4 is 5.32 Å². The van der Waals surface area contributed by atoms with Gasteiger partial charge >= 0.3 is 0 Å². The van der Waals surface area contributed by atoms with Gasteiger partial charge in [-0.25, -0.2) is 0 Å². The minimum absolute atomic E-state index is 0.186. The van der Waals surface area contributed by atoms with E-state index in [0.717, 1.165) is 16.8 Å². The first-order valence-corrected chi connectivity index (χ1v) is 7.00. The number of nitrogens with one attached hydrogen (secondary N) is 1. The van der Waals surface area contributed by atoms with Crippen LogP contribution in [0.1, 0.15) is 16.1 Å². The van der Waals surface area contributed by atoms with Gasteiger partial charge in [-0.15, -0.1) is 0 Å². The van der Waals surface area contributed by atoms with E-state index in [-0.39, 0.29) is 5.91 Å². The van der Waals surface area contributed by atoms with Crippen molar-refractivity contribution in [1.29, 1.82) is 0 Å². The average molecular weight is 292 g/mol. The highest BCUT2D eigenvalue weighted by molar-refractivity contribution is 5.93. The maximum absolute atomic E-state index is 12.2. The molecule has 0 aliphatic carbocycles. The fourth-order valence-electron chi connectivity index (χ4n) is 2.23. The summed E-state index contributed by atoms with van der Waals surface area (Å²) in [7, 11) is 1.84. The van der Waals surface area contributed by atoms with Crippen LogP contribution in [0.25, 0.3) is 11.3 Å².